The van der Waals surface area contributed by atoms with E-state index in [0.29, 0.717) is 16.6 Å². The summed E-state index contributed by atoms with van der Waals surface area (Å²) in [5, 5.41) is 0. The Labute approximate surface area is 95.5 Å². The SMILES string of the molecule is CC(C)[Si](O[C@@H](C)C=O)(C(C)C)C(C)C. The van der Waals surface area contributed by atoms with Crippen LogP contribution in [0.4, 0.5) is 0 Å². The fraction of sp³-hybridized carbons (Fsp3) is 0.917. The summed E-state index contributed by atoms with van der Waals surface area (Å²) in [6.07, 6.45) is 0.651. The van der Waals surface area contributed by atoms with Gasteiger partial charge >= 0.3 is 0 Å². The van der Waals surface area contributed by atoms with Gasteiger partial charge in [0.2, 0.25) is 8.32 Å². The Hall–Kier alpha value is -0.153. The molecule has 90 valence electrons. The van der Waals surface area contributed by atoms with Crippen LogP contribution in [0.15, 0.2) is 0 Å². The van der Waals surface area contributed by atoms with Crippen LogP contribution >= 0.6 is 0 Å². The van der Waals surface area contributed by atoms with Crippen molar-refractivity contribution >= 4 is 14.6 Å². The molecule has 0 heterocycles. The van der Waals surface area contributed by atoms with Crippen molar-refractivity contribution in [2.75, 3.05) is 0 Å². The summed E-state index contributed by atoms with van der Waals surface area (Å²) in [4.78, 5) is 10.7. The standard InChI is InChI=1S/C12H26O2Si/c1-9(2)15(10(3)4,11(5)6)14-12(7)8-13/h8-12H,1-7H3/t12-/m0/s1. The zero-order chi connectivity index (χ0) is 12.2. The predicted octanol–water partition coefficient (Wildman–Crippen LogP) is 3.77. The molecule has 0 spiro atoms. The van der Waals surface area contributed by atoms with Crippen LogP contribution in [0.3, 0.4) is 0 Å². The molecule has 2 nitrogen and oxygen atoms in total. The zero-order valence-corrected chi connectivity index (χ0v) is 12.2. The number of aldehydes is 1. The van der Waals surface area contributed by atoms with Gasteiger partial charge in [-0.3, -0.25) is 0 Å². The number of hydrogen-bond acceptors (Lipinski definition) is 2. The lowest BCUT2D eigenvalue weighted by atomic mass is 10.5. The molecule has 0 rings (SSSR count). The summed E-state index contributed by atoms with van der Waals surface area (Å²) in [7, 11) is -1.84. The summed E-state index contributed by atoms with van der Waals surface area (Å²) in [6, 6.07) is 0. The molecule has 0 saturated heterocycles. The zero-order valence-electron chi connectivity index (χ0n) is 11.2. The fourth-order valence-corrected chi connectivity index (χ4v) is 8.27. The summed E-state index contributed by atoms with van der Waals surface area (Å²) < 4.78 is 6.14. The van der Waals surface area contributed by atoms with Crippen LogP contribution in [0.1, 0.15) is 48.5 Å². The summed E-state index contributed by atoms with van der Waals surface area (Å²) >= 11 is 0. The molecule has 0 aliphatic carbocycles. The van der Waals surface area contributed by atoms with Crippen molar-refractivity contribution in [3.8, 4) is 0 Å². The Balaban J connectivity index is 5.04. The van der Waals surface area contributed by atoms with Crippen LogP contribution in [0.25, 0.3) is 0 Å². The second-order valence-corrected chi connectivity index (χ2v) is 10.7. The van der Waals surface area contributed by atoms with Crippen molar-refractivity contribution in [2.24, 2.45) is 0 Å². The molecule has 0 amide bonds. The molecule has 0 N–H and O–H groups in total. The van der Waals surface area contributed by atoms with Crippen molar-refractivity contribution in [3.05, 3.63) is 0 Å². The highest BCUT2D eigenvalue weighted by Crippen LogP contribution is 2.42. The lowest BCUT2D eigenvalue weighted by molar-refractivity contribution is -0.113. The Morgan fingerprint density at radius 3 is 1.40 bits per heavy atom. The number of carbonyl (C=O) groups is 1. The first kappa shape index (κ1) is 14.8. The highest BCUT2D eigenvalue weighted by molar-refractivity contribution is 6.77. The summed E-state index contributed by atoms with van der Waals surface area (Å²) in [6.45, 7) is 15.2. The van der Waals surface area contributed by atoms with Gasteiger partial charge in [-0.25, -0.2) is 0 Å². The maximum atomic E-state index is 10.7. The Morgan fingerprint density at radius 1 is 0.867 bits per heavy atom. The summed E-state index contributed by atoms with van der Waals surface area (Å²) in [5.74, 6) is 0. The third kappa shape index (κ3) is 3.15. The van der Waals surface area contributed by atoms with Crippen molar-refractivity contribution in [3.63, 3.8) is 0 Å². The van der Waals surface area contributed by atoms with Gasteiger partial charge in [-0.2, -0.15) is 0 Å². The second-order valence-electron chi connectivity index (χ2n) is 5.28. The van der Waals surface area contributed by atoms with Gasteiger partial charge in [0, 0.05) is 0 Å². The van der Waals surface area contributed by atoms with Gasteiger partial charge in [0.15, 0.2) is 0 Å². The van der Waals surface area contributed by atoms with Gasteiger partial charge in [-0.15, -0.1) is 0 Å². The minimum atomic E-state index is -1.84. The van der Waals surface area contributed by atoms with Gasteiger partial charge in [0.1, 0.15) is 6.29 Å². The first-order chi connectivity index (χ1) is 6.78. The highest BCUT2D eigenvalue weighted by Gasteiger charge is 2.45. The lowest BCUT2D eigenvalue weighted by Gasteiger charge is -2.43. The van der Waals surface area contributed by atoms with Crippen molar-refractivity contribution in [1.29, 1.82) is 0 Å². The number of rotatable bonds is 6. The molecule has 0 bridgehead atoms. The maximum absolute atomic E-state index is 10.7. The third-order valence-corrected chi connectivity index (χ3v) is 9.48. The van der Waals surface area contributed by atoms with E-state index >= 15 is 0 Å². The molecule has 0 aliphatic heterocycles. The van der Waals surface area contributed by atoms with Crippen LogP contribution in [-0.2, 0) is 9.22 Å². The van der Waals surface area contributed by atoms with E-state index < -0.39 is 8.32 Å². The lowest BCUT2D eigenvalue weighted by Crippen LogP contribution is -2.50. The van der Waals surface area contributed by atoms with E-state index in [4.69, 9.17) is 4.43 Å². The van der Waals surface area contributed by atoms with Gasteiger partial charge in [-0.05, 0) is 23.5 Å². The molecule has 15 heavy (non-hydrogen) atoms. The van der Waals surface area contributed by atoms with Crippen LogP contribution in [0, 0.1) is 0 Å². The van der Waals surface area contributed by atoms with E-state index in [1.54, 1.807) is 0 Å². The average Bonchev–Trinajstić information content (AvgIpc) is 2.11. The molecule has 0 saturated carbocycles. The third-order valence-electron chi connectivity index (χ3n) is 3.29. The molecule has 0 radical (unpaired) electrons. The van der Waals surface area contributed by atoms with E-state index in [2.05, 4.69) is 41.5 Å². The Morgan fingerprint density at radius 2 is 1.20 bits per heavy atom. The van der Waals surface area contributed by atoms with E-state index in [-0.39, 0.29) is 6.10 Å². The molecule has 0 unspecified atom stereocenters. The molecule has 1 atom stereocenters. The number of hydrogen-bond donors (Lipinski definition) is 0. The van der Waals surface area contributed by atoms with Gasteiger partial charge in [0.25, 0.3) is 0 Å². The van der Waals surface area contributed by atoms with Gasteiger partial charge < -0.3 is 9.22 Å². The van der Waals surface area contributed by atoms with E-state index in [1.807, 2.05) is 6.92 Å². The predicted molar refractivity (Wildman–Crippen MR) is 67.7 cm³/mol. The fourth-order valence-electron chi connectivity index (χ4n) is 2.76. The Kier molecular flexibility index (Phi) is 5.74. The molecule has 0 aromatic rings. The first-order valence-electron chi connectivity index (χ1n) is 5.92. The van der Waals surface area contributed by atoms with Crippen LogP contribution in [0.2, 0.25) is 16.6 Å². The van der Waals surface area contributed by atoms with Crippen molar-refractivity contribution in [2.45, 2.75) is 71.2 Å². The molecule has 0 aromatic carbocycles. The van der Waals surface area contributed by atoms with Crippen molar-refractivity contribution < 1.29 is 9.22 Å². The topological polar surface area (TPSA) is 26.3 Å². The van der Waals surface area contributed by atoms with Crippen molar-refractivity contribution in [1.82, 2.24) is 0 Å². The molecule has 0 aromatic heterocycles. The van der Waals surface area contributed by atoms with E-state index in [9.17, 15) is 4.79 Å². The molecular weight excluding hydrogens is 204 g/mol. The maximum Gasteiger partial charge on any atom is 0.201 e. The monoisotopic (exact) mass is 230 g/mol. The second kappa shape index (κ2) is 5.80. The minimum Gasteiger partial charge on any atom is -0.407 e. The Bertz CT molecular complexity index is 178. The highest BCUT2D eigenvalue weighted by atomic mass is 28.4. The molecular formula is C12H26O2Si. The van der Waals surface area contributed by atoms with E-state index in [0.717, 1.165) is 6.29 Å². The van der Waals surface area contributed by atoms with E-state index in [1.165, 1.54) is 0 Å². The first-order valence-corrected chi connectivity index (χ1v) is 8.06. The minimum absolute atomic E-state index is 0.260. The smallest absolute Gasteiger partial charge is 0.201 e. The summed E-state index contributed by atoms with van der Waals surface area (Å²) in [5.41, 5.74) is 1.62. The largest absolute Gasteiger partial charge is 0.407 e. The number of carbonyl (C=O) groups excluding carboxylic acids is 1. The van der Waals surface area contributed by atoms with Crippen LogP contribution < -0.4 is 0 Å². The van der Waals surface area contributed by atoms with Crippen LogP contribution in [0.5, 0.6) is 0 Å². The normalized spacial score (nSPS) is 15.1. The van der Waals surface area contributed by atoms with Gasteiger partial charge in [0.05, 0.1) is 6.10 Å². The quantitative estimate of drug-likeness (QED) is 0.513. The van der Waals surface area contributed by atoms with Crippen LogP contribution in [-0.4, -0.2) is 20.7 Å². The molecule has 0 aliphatic rings. The molecule has 3 heteroatoms. The van der Waals surface area contributed by atoms with Gasteiger partial charge in [-0.1, -0.05) is 41.5 Å². The molecule has 0 fully saturated rings. The average molecular weight is 230 g/mol.